The fraction of sp³-hybridized carbons (Fsp3) is 0.571. The maximum absolute atomic E-state index is 14.4. The quantitative estimate of drug-likeness (QED) is 0.838. The molecule has 2 N–H and O–H groups in total. The maximum Gasteiger partial charge on any atom is 0.290 e. The van der Waals surface area contributed by atoms with E-state index in [9.17, 15) is 8.78 Å². The third-order valence-electron chi connectivity index (χ3n) is 3.49. The van der Waals surface area contributed by atoms with E-state index in [-0.39, 0.29) is 5.56 Å². The molecule has 0 atom stereocenters. The summed E-state index contributed by atoms with van der Waals surface area (Å²) in [6.45, 7) is 9.90. The molecule has 1 aromatic carbocycles. The van der Waals surface area contributed by atoms with E-state index in [4.69, 9.17) is 5.73 Å². The summed E-state index contributed by atoms with van der Waals surface area (Å²) in [6, 6.07) is 1.94. The van der Waals surface area contributed by atoms with Gasteiger partial charge in [0.05, 0.1) is 5.54 Å². The summed E-state index contributed by atoms with van der Waals surface area (Å²) in [6.07, 6.45) is 0. The Morgan fingerprint density at radius 2 is 1.29 bits per heavy atom. The van der Waals surface area contributed by atoms with E-state index in [1.165, 1.54) is 13.8 Å². The SMILES string of the molecule is Cc1cc(C)c(C)c(C(F)(F)C(C)(C)N)c1C. The maximum atomic E-state index is 14.4. The molecule has 0 bridgehead atoms. The predicted molar refractivity (Wildman–Crippen MR) is 67.6 cm³/mol. The number of rotatable bonds is 2. The zero-order valence-corrected chi connectivity index (χ0v) is 11.4. The minimum Gasteiger partial charge on any atom is -0.320 e. The molecule has 0 spiro atoms. The predicted octanol–water partition coefficient (Wildman–Crippen LogP) is 3.75. The van der Waals surface area contributed by atoms with Crippen molar-refractivity contribution in [3.63, 3.8) is 0 Å². The summed E-state index contributed by atoms with van der Waals surface area (Å²) in [5, 5.41) is 0. The van der Waals surface area contributed by atoms with Crippen molar-refractivity contribution in [1.82, 2.24) is 0 Å². The lowest BCUT2D eigenvalue weighted by Gasteiger charge is -2.33. The molecule has 0 radical (unpaired) electrons. The highest BCUT2D eigenvalue weighted by Crippen LogP contribution is 2.42. The van der Waals surface area contributed by atoms with Crippen molar-refractivity contribution < 1.29 is 8.78 Å². The van der Waals surface area contributed by atoms with E-state index in [1.54, 1.807) is 13.8 Å². The van der Waals surface area contributed by atoms with Crippen LogP contribution in [0.15, 0.2) is 6.07 Å². The van der Waals surface area contributed by atoms with Crippen molar-refractivity contribution in [2.24, 2.45) is 5.73 Å². The molecule has 17 heavy (non-hydrogen) atoms. The van der Waals surface area contributed by atoms with Gasteiger partial charge in [0, 0.05) is 5.56 Å². The van der Waals surface area contributed by atoms with Crippen molar-refractivity contribution in [2.45, 2.75) is 53.0 Å². The lowest BCUT2D eigenvalue weighted by atomic mass is 9.83. The average Bonchev–Trinajstić information content (AvgIpc) is 2.13. The Labute approximate surface area is 102 Å². The minimum absolute atomic E-state index is 0.0856. The zero-order chi connectivity index (χ0) is 13.6. The molecule has 0 aromatic heterocycles. The van der Waals surface area contributed by atoms with Crippen LogP contribution < -0.4 is 5.73 Å². The summed E-state index contributed by atoms with van der Waals surface area (Å²) in [5.41, 5.74) is 7.19. The number of aryl methyl sites for hydroxylation is 2. The molecule has 0 heterocycles. The van der Waals surface area contributed by atoms with Gasteiger partial charge in [-0.1, -0.05) is 6.07 Å². The van der Waals surface area contributed by atoms with E-state index in [0.29, 0.717) is 11.1 Å². The molecule has 1 nitrogen and oxygen atoms in total. The minimum atomic E-state index is -3.03. The standard InChI is InChI=1S/C14H21F2N/c1-8-7-9(2)11(4)12(10(8)3)14(15,16)13(5,6)17/h7H,17H2,1-6H3. The Kier molecular flexibility index (Phi) is 3.36. The normalized spacial score (nSPS) is 13.0. The molecular weight excluding hydrogens is 220 g/mol. The van der Waals surface area contributed by atoms with E-state index < -0.39 is 11.5 Å². The van der Waals surface area contributed by atoms with Crippen LogP contribution in [0.1, 0.15) is 41.7 Å². The third kappa shape index (κ3) is 2.21. The Morgan fingerprint density at radius 3 is 1.59 bits per heavy atom. The van der Waals surface area contributed by atoms with Gasteiger partial charge in [-0.05, 0) is 63.8 Å². The highest BCUT2D eigenvalue weighted by Gasteiger charge is 2.47. The van der Waals surface area contributed by atoms with Crippen LogP contribution in [0.2, 0.25) is 0 Å². The van der Waals surface area contributed by atoms with Crippen LogP contribution in [0.4, 0.5) is 8.78 Å². The third-order valence-corrected chi connectivity index (χ3v) is 3.49. The molecule has 0 aliphatic carbocycles. The van der Waals surface area contributed by atoms with Gasteiger partial charge in [-0.25, -0.2) is 0 Å². The molecular formula is C14H21F2N. The fourth-order valence-electron chi connectivity index (χ4n) is 2.01. The van der Waals surface area contributed by atoms with E-state index in [2.05, 4.69) is 0 Å². The topological polar surface area (TPSA) is 26.0 Å². The first-order chi connectivity index (χ1) is 7.50. The van der Waals surface area contributed by atoms with Gasteiger partial charge in [0.15, 0.2) is 0 Å². The Morgan fingerprint density at radius 1 is 0.941 bits per heavy atom. The van der Waals surface area contributed by atoms with Crippen molar-refractivity contribution in [3.05, 3.63) is 33.9 Å². The van der Waals surface area contributed by atoms with Gasteiger partial charge in [-0.2, -0.15) is 8.78 Å². The Hall–Kier alpha value is -0.960. The monoisotopic (exact) mass is 241 g/mol. The summed E-state index contributed by atoms with van der Waals surface area (Å²) in [5.74, 6) is -3.03. The first-order valence-electron chi connectivity index (χ1n) is 5.74. The van der Waals surface area contributed by atoms with Crippen LogP contribution in [0.25, 0.3) is 0 Å². The number of hydrogen-bond acceptors (Lipinski definition) is 1. The smallest absolute Gasteiger partial charge is 0.290 e. The largest absolute Gasteiger partial charge is 0.320 e. The van der Waals surface area contributed by atoms with E-state index >= 15 is 0 Å². The summed E-state index contributed by atoms with van der Waals surface area (Å²) in [4.78, 5) is 0. The molecule has 0 fully saturated rings. The van der Waals surface area contributed by atoms with Gasteiger partial charge >= 0.3 is 0 Å². The van der Waals surface area contributed by atoms with E-state index in [1.807, 2.05) is 19.9 Å². The summed E-state index contributed by atoms with van der Waals surface area (Å²) >= 11 is 0. The lowest BCUT2D eigenvalue weighted by Crippen LogP contribution is -2.49. The van der Waals surface area contributed by atoms with Crippen LogP contribution in [-0.4, -0.2) is 5.54 Å². The Bertz CT molecular complexity index is 416. The molecule has 0 saturated carbocycles. The zero-order valence-electron chi connectivity index (χ0n) is 11.4. The highest BCUT2D eigenvalue weighted by molar-refractivity contribution is 5.47. The second kappa shape index (κ2) is 4.05. The number of hydrogen-bond donors (Lipinski definition) is 1. The summed E-state index contributed by atoms with van der Waals surface area (Å²) < 4.78 is 28.8. The van der Waals surface area contributed by atoms with Gasteiger partial charge in [0.25, 0.3) is 5.92 Å². The number of nitrogens with two attached hydrogens (primary N) is 1. The highest BCUT2D eigenvalue weighted by atomic mass is 19.3. The number of benzene rings is 1. The van der Waals surface area contributed by atoms with Gasteiger partial charge in [-0.15, -0.1) is 0 Å². The van der Waals surface area contributed by atoms with Crippen LogP contribution in [-0.2, 0) is 5.92 Å². The molecule has 0 aliphatic rings. The molecule has 3 heteroatoms. The van der Waals surface area contributed by atoms with Gasteiger partial charge in [0.2, 0.25) is 0 Å². The van der Waals surface area contributed by atoms with Gasteiger partial charge in [-0.3, -0.25) is 0 Å². The Balaban J connectivity index is 3.62. The van der Waals surface area contributed by atoms with Crippen LogP contribution >= 0.6 is 0 Å². The van der Waals surface area contributed by atoms with Crippen molar-refractivity contribution in [2.75, 3.05) is 0 Å². The van der Waals surface area contributed by atoms with Crippen LogP contribution in [0.3, 0.4) is 0 Å². The molecule has 1 rings (SSSR count). The fourth-order valence-corrected chi connectivity index (χ4v) is 2.01. The molecule has 0 unspecified atom stereocenters. The van der Waals surface area contributed by atoms with Crippen LogP contribution in [0, 0.1) is 27.7 Å². The van der Waals surface area contributed by atoms with Crippen LogP contribution in [0.5, 0.6) is 0 Å². The number of halogens is 2. The number of alkyl halides is 2. The molecule has 0 saturated heterocycles. The molecule has 0 amide bonds. The second-order valence-electron chi connectivity index (χ2n) is 5.43. The molecule has 0 aliphatic heterocycles. The molecule has 1 aromatic rings. The van der Waals surface area contributed by atoms with Gasteiger partial charge in [0.1, 0.15) is 0 Å². The first-order valence-corrected chi connectivity index (χ1v) is 5.74. The van der Waals surface area contributed by atoms with Crippen molar-refractivity contribution >= 4 is 0 Å². The first kappa shape index (κ1) is 14.1. The van der Waals surface area contributed by atoms with E-state index in [0.717, 1.165) is 11.1 Å². The van der Waals surface area contributed by atoms with Crippen molar-refractivity contribution in [1.29, 1.82) is 0 Å². The molecule has 96 valence electrons. The lowest BCUT2D eigenvalue weighted by molar-refractivity contribution is -0.0683. The second-order valence-corrected chi connectivity index (χ2v) is 5.43. The van der Waals surface area contributed by atoms with Gasteiger partial charge < -0.3 is 5.73 Å². The van der Waals surface area contributed by atoms with Crippen molar-refractivity contribution in [3.8, 4) is 0 Å². The average molecular weight is 241 g/mol. The summed E-state index contributed by atoms with van der Waals surface area (Å²) in [7, 11) is 0.